The summed E-state index contributed by atoms with van der Waals surface area (Å²) in [5.41, 5.74) is 2.09. The highest BCUT2D eigenvalue weighted by atomic mass is 35.5. The van der Waals surface area contributed by atoms with E-state index in [0.29, 0.717) is 12.4 Å². The monoisotopic (exact) mass is 201 g/mol. The van der Waals surface area contributed by atoms with Crippen molar-refractivity contribution in [1.29, 1.82) is 0 Å². The van der Waals surface area contributed by atoms with Gasteiger partial charge in [0, 0.05) is 19.0 Å². The second-order valence-electron chi connectivity index (χ2n) is 2.94. The molecule has 0 aliphatic carbocycles. The van der Waals surface area contributed by atoms with E-state index in [4.69, 9.17) is 11.6 Å². The second-order valence-corrected chi connectivity index (χ2v) is 3.31. The molecule has 0 saturated heterocycles. The molecule has 0 fully saturated rings. The van der Waals surface area contributed by atoms with Crippen molar-refractivity contribution in [1.82, 2.24) is 5.32 Å². The van der Waals surface area contributed by atoms with Gasteiger partial charge in [-0.1, -0.05) is 6.07 Å². The number of aryl methyl sites for hydroxylation is 1. The third kappa shape index (κ3) is 3.33. The van der Waals surface area contributed by atoms with Gasteiger partial charge in [-0.05, 0) is 30.2 Å². The number of nitrogens with one attached hydrogen (secondary N) is 1. The minimum atomic E-state index is -0.187. The zero-order valence-electron chi connectivity index (χ0n) is 7.61. The molecular weight excluding hydrogens is 189 g/mol. The quantitative estimate of drug-likeness (QED) is 0.583. The number of benzene rings is 1. The van der Waals surface area contributed by atoms with E-state index in [-0.39, 0.29) is 5.82 Å². The molecule has 0 radical (unpaired) electrons. The molecule has 1 rings (SSSR count). The molecule has 1 N–H and O–H groups in total. The van der Waals surface area contributed by atoms with Crippen molar-refractivity contribution in [2.75, 3.05) is 12.4 Å². The first-order valence-corrected chi connectivity index (χ1v) is 4.79. The van der Waals surface area contributed by atoms with Crippen LogP contribution in [0, 0.1) is 12.7 Å². The van der Waals surface area contributed by atoms with Crippen molar-refractivity contribution in [3.8, 4) is 0 Å². The molecule has 0 amide bonds. The lowest BCUT2D eigenvalue weighted by atomic mass is 10.1. The van der Waals surface area contributed by atoms with Crippen molar-refractivity contribution in [2.45, 2.75) is 13.5 Å². The number of hydrogen-bond acceptors (Lipinski definition) is 1. The summed E-state index contributed by atoms with van der Waals surface area (Å²) in [6.45, 7) is 3.39. The Hall–Kier alpha value is -0.600. The maximum Gasteiger partial charge on any atom is 0.123 e. The summed E-state index contributed by atoms with van der Waals surface area (Å²) in [7, 11) is 0. The van der Waals surface area contributed by atoms with Crippen LogP contribution in [-0.4, -0.2) is 12.4 Å². The Kier molecular flexibility index (Phi) is 4.19. The molecule has 0 atom stereocenters. The van der Waals surface area contributed by atoms with Crippen molar-refractivity contribution in [3.63, 3.8) is 0 Å². The molecule has 0 saturated carbocycles. The van der Waals surface area contributed by atoms with Crippen LogP contribution in [0.15, 0.2) is 18.2 Å². The van der Waals surface area contributed by atoms with Gasteiger partial charge in [-0.3, -0.25) is 0 Å². The Labute approximate surface area is 82.9 Å². The van der Waals surface area contributed by atoms with Gasteiger partial charge in [0.15, 0.2) is 0 Å². The third-order valence-corrected chi connectivity index (χ3v) is 2.09. The van der Waals surface area contributed by atoms with Crippen LogP contribution in [0.3, 0.4) is 0 Å². The van der Waals surface area contributed by atoms with Crippen molar-refractivity contribution >= 4 is 11.6 Å². The van der Waals surface area contributed by atoms with E-state index in [0.717, 1.165) is 17.7 Å². The lowest BCUT2D eigenvalue weighted by Gasteiger charge is -2.06. The fourth-order valence-corrected chi connectivity index (χ4v) is 1.25. The molecule has 0 spiro atoms. The SMILES string of the molecule is Cc1ccc(F)cc1CNCCCl. The Morgan fingerprint density at radius 1 is 1.46 bits per heavy atom. The highest BCUT2D eigenvalue weighted by molar-refractivity contribution is 6.18. The summed E-state index contributed by atoms with van der Waals surface area (Å²) in [5.74, 6) is 0.391. The van der Waals surface area contributed by atoms with Crippen LogP contribution >= 0.6 is 11.6 Å². The summed E-state index contributed by atoms with van der Waals surface area (Å²) < 4.78 is 12.8. The molecule has 72 valence electrons. The first kappa shape index (κ1) is 10.5. The lowest BCUT2D eigenvalue weighted by molar-refractivity contribution is 0.621. The molecule has 3 heteroatoms. The summed E-state index contributed by atoms with van der Waals surface area (Å²) >= 11 is 5.50. The van der Waals surface area contributed by atoms with E-state index in [1.807, 2.05) is 6.92 Å². The first-order chi connectivity index (χ1) is 6.24. The molecule has 0 unspecified atom stereocenters. The van der Waals surface area contributed by atoms with E-state index >= 15 is 0 Å². The fraction of sp³-hybridized carbons (Fsp3) is 0.400. The highest BCUT2D eigenvalue weighted by Gasteiger charge is 1.99. The molecule has 0 aromatic heterocycles. The van der Waals surface area contributed by atoms with Crippen LogP contribution in [0.5, 0.6) is 0 Å². The van der Waals surface area contributed by atoms with Gasteiger partial charge in [-0.15, -0.1) is 11.6 Å². The van der Waals surface area contributed by atoms with Gasteiger partial charge in [-0.25, -0.2) is 4.39 Å². The van der Waals surface area contributed by atoms with Gasteiger partial charge in [0.25, 0.3) is 0 Å². The topological polar surface area (TPSA) is 12.0 Å². The van der Waals surface area contributed by atoms with Crippen LogP contribution in [0.1, 0.15) is 11.1 Å². The van der Waals surface area contributed by atoms with E-state index in [9.17, 15) is 4.39 Å². The van der Waals surface area contributed by atoms with Gasteiger partial charge in [-0.2, -0.15) is 0 Å². The maximum absolute atomic E-state index is 12.8. The number of alkyl halides is 1. The Balaban J connectivity index is 2.59. The average molecular weight is 202 g/mol. The summed E-state index contributed by atoms with van der Waals surface area (Å²) in [5, 5.41) is 3.12. The average Bonchev–Trinajstić information content (AvgIpc) is 2.11. The number of rotatable bonds is 4. The summed E-state index contributed by atoms with van der Waals surface area (Å²) in [6, 6.07) is 4.81. The molecule has 0 aliphatic rings. The minimum Gasteiger partial charge on any atom is -0.311 e. The van der Waals surface area contributed by atoms with Crippen LogP contribution in [0.4, 0.5) is 4.39 Å². The molecule has 13 heavy (non-hydrogen) atoms. The van der Waals surface area contributed by atoms with Gasteiger partial charge in [0.1, 0.15) is 5.82 Å². The molecule has 1 aromatic rings. The molecule has 1 aromatic carbocycles. The molecular formula is C10H13ClFN. The summed E-state index contributed by atoms with van der Waals surface area (Å²) in [4.78, 5) is 0. The first-order valence-electron chi connectivity index (χ1n) is 4.25. The second kappa shape index (κ2) is 5.20. The van der Waals surface area contributed by atoms with Crippen molar-refractivity contribution in [3.05, 3.63) is 35.1 Å². The standard InChI is InChI=1S/C10H13ClFN/c1-8-2-3-10(12)6-9(8)7-13-5-4-11/h2-3,6,13H,4-5,7H2,1H3. The van der Waals surface area contributed by atoms with Crippen LogP contribution in [0.25, 0.3) is 0 Å². The third-order valence-electron chi connectivity index (χ3n) is 1.90. The van der Waals surface area contributed by atoms with Crippen LogP contribution < -0.4 is 5.32 Å². The zero-order chi connectivity index (χ0) is 9.68. The fourth-order valence-electron chi connectivity index (χ4n) is 1.12. The Morgan fingerprint density at radius 2 is 2.23 bits per heavy atom. The van der Waals surface area contributed by atoms with E-state index in [2.05, 4.69) is 5.32 Å². The molecule has 0 bridgehead atoms. The van der Waals surface area contributed by atoms with E-state index in [1.165, 1.54) is 6.07 Å². The van der Waals surface area contributed by atoms with Gasteiger partial charge in [0.2, 0.25) is 0 Å². The van der Waals surface area contributed by atoms with Crippen molar-refractivity contribution in [2.24, 2.45) is 0 Å². The Bertz CT molecular complexity index is 276. The molecule has 0 aliphatic heterocycles. The van der Waals surface area contributed by atoms with Gasteiger partial charge >= 0.3 is 0 Å². The molecule has 1 nitrogen and oxygen atoms in total. The van der Waals surface area contributed by atoms with Crippen molar-refractivity contribution < 1.29 is 4.39 Å². The van der Waals surface area contributed by atoms with E-state index in [1.54, 1.807) is 12.1 Å². The van der Waals surface area contributed by atoms with E-state index < -0.39 is 0 Å². The lowest BCUT2D eigenvalue weighted by Crippen LogP contribution is -2.16. The van der Waals surface area contributed by atoms with Gasteiger partial charge < -0.3 is 5.32 Å². The largest absolute Gasteiger partial charge is 0.311 e. The smallest absolute Gasteiger partial charge is 0.123 e. The predicted molar refractivity (Wildman–Crippen MR) is 53.6 cm³/mol. The summed E-state index contributed by atoms with van der Waals surface area (Å²) in [6.07, 6.45) is 0. The highest BCUT2D eigenvalue weighted by Crippen LogP contribution is 2.09. The normalized spacial score (nSPS) is 10.4. The maximum atomic E-state index is 12.8. The van der Waals surface area contributed by atoms with Crippen LogP contribution in [0.2, 0.25) is 0 Å². The zero-order valence-corrected chi connectivity index (χ0v) is 8.37. The number of hydrogen-bond donors (Lipinski definition) is 1. The van der Waals surface area contributed by atoms with Gasteiger partial charge in [0.05, 0.1) is 0 Å². The number of halogens is 2. The molecule has 0 heterocycles. The Morgan fingerprint density at radius 3 is 2.92 bits per heavy atom. The predicted octanol–water partition coefficient (Wildman–Crippen LogP) is 2.46. The van der Waals surface area contributed by atoms with Crippen LogP contribution in [-0.2, 0) is 6.54 Å². The minimum absolute atomic E-state index is 0.187.